The molecule has 3 rings (SSSR count). The third-order valence-corrected chi connectivity index (χ3v) is 3.89. The molecule has 0 N–H and O–H groups in total. The number of para-hydroxylation sites is 1. The molecule has 1 atom stereocenters. The molecular weight excluding hydrogens is 320 g/mol. The molecule has 1 aliphatic heterocycles. The Hall–Kier alpha value is -3.14. The summed E-state index contributed by atoms with van der Waals surface area (Å²) < 4.78 is 11.3. The summed E-state index contributed by atoms with van der Waals surface area (Å²) in [5.74, 6) is 0.792. The van der Waals surface area contributed by atoms with E-state index in [-0.39, 0.29) is 30.2 Å². The summed E-state index contributed by atoms with van der Waals surface area (Å²) in [6, 6.07) is 11.2. The van der Waals surface area contributed by atoms with Crippen molar-refractivity contribution in [2.24, 2.45) is 0 Å². The normalized spacial score (nSPS) is 16.8. The first-order valence-corrected chi connectivity index (χ1v) is 8.09. The van der Waals surface area contributed by atoms with E-state index in [1.54, 1.807) is 4.90 Å². The lowest BCUT2D eigenvalue weighted by molar-refractivity contribution is -0.136. The largest absolute Gasteiger partial charge is 0.484 e. The van der Waals surface area contributed by atoms with Crippen molar-refractivity contribution < 1.29 is 14.3 Å². The summed E-state index contributed by atoms with van der Waals surface area (Å²) in [5.41, 5.74) is 0.151. The van der Waals surface area contributed by atoms with E-state index >= 15 is 0 Å². The van der Waals surface area contributed by atoms with Crippen molar-refractivity contribution in [3.8, 4) is 17.7 Å². The minimum Gasteiger partial charge on any atom is -0.484 e. The van der Waals surface area contributed by atoms with Crippen LogP contribution in [0, 0.1) is 11.3 Å². The molecule has 0 spiro atoms. The van der Waals surface area contributed by atoms with Gasteiger partial charge in [-0.3, -0.25) is 4.79 Å². The van der Waals surface area contributed by atoms with Gasteiger partial charge in [-0.2, -0.15) is 5.26 Å². The number of ether oxygens (including phenoxy) is 2. The molecule has 1 aromatic carbocycles. The molecule has 2 heterocycles. The zero-order valence-corrected chi connectivity index (χ0v) is 13.7. The smallest absolute Gasteiger partial charge is 0.260 e. The topological polar surface area (TPSA) is 88.3 Å². The van der Waals surface area contributed by atoms with Crippen LogP contribution < -0.4 is 9.47 Å². The van der Waals surface area contributed by atoms with Crippen molar-refractivity contribution >= 4 is 5.91 Å². The number of amides is 1. The third kappa shape index (κ3) is 4.44. The number of hydrogen-bond acceptors (Lipinski definition) is 6. The molecule has 0 radical (unpaired) electrons. The second-order valence-electron chi connectivity index (χ2n) is 5.65. The molecule has 0 aliphatic carbocycles. The van der Waals surface area contributed by atoms with E-state index in [9.17, 15) is 4.79 Å². The molecule has 1 unspecified atom stereocenters. The highest BCUT2D eigenvalue weighted by Gasteiger charge is 2.26. The van der Waals surface area contributed by atoms with Gasteiger partial charge in [0, 0.05) is 18.9 Å². The summed E-state index contributed by atoms with van der Waals surface area (Å²) in [6.07, 6.45) is 4.34. The Bertz CT molecular complexity index is 760. The minimum atomic E-state index is -0.210. The van der Waals surface area contributed by atoms with Crippen molar-refractivity contribution in [3.63, 3.8) is 0 Å². The zero-order valence-electron chi connectivity index (χ0n) is 13.7. The molecule has 0 saturated carbocycles. The van der Waals surface area contributed by atoms with Crippen molar-refractivity contribution in [1.82, 2.24) is 14.9 Å². The van der Waals surface area contributed by atoms with E-state index in [1.807, 2.05) is 36.4 Å². The van der Waals surface area contributed by atoms with Crippen LogP contribution in [0.3, 0.4) is 0 Å². The second kappa shape index (κ2) is 8.11. The second-order valence-corrected chi connectivity index (χ2v) is 5.65. The Labute approximate surface area is 145 Å². The average molecular weight is 338 g/mol. The number of piperidine rings is 1. The van der Waals surface area contributed by atoms with Gasteiger partial charge in [-0.25, -0.2) is 9.97 Å². The Morgan fingerprint density at radius 2 is 2.08 bits per heavy atom. The molecule has 1 saturated heterocycles. The van der Waals surface area contributed by atoms with Crippen molar-refractivity contribution in [2.75, 3.05) is 19.7 Å². The number of likely N-dealkylation sites (tertiary alicyclic amines) is 1. The van der Waals surface area contributed by atoms with Gasteiger partial charge in [0.25, 0.3) is 11.8 Å². The molecule has 1 amide bonds. The quantitative estimate of drug-likeness (QED) is 0.826. The van der Waals surface area contributed by atoms with E-state index < -0.39 is 0 Å². The Kier molecular flexibility index (Phi) is 5.42. The third-order valence-electron chi connectivity index (χ3n) is 3.89. The molecule has 7 heteroatoms. The van der Waals surface area contributed by atoms with Crippen LogP contribution >= 0.6 is 0 Å². The predicted octanol–water partition coefficient (Wildman–Crippen LogP) is 1.80. The predicted molar refractivity (Wildman–Crippen MR) is 88.9 cm³/mol. The van der Waals surface area contributed by atoms with Crippen LogP contribution in [-0.2, 0) is 4.79 Å². The maximum atomic E-state index is 12.4. The van der Waals surface area contributed by atoms with Crippen LogP contribution in [0.1, 0.15) is 18.5 Å². The molecule has 0 bridgehead atoms. The lowest BCUT2D eigenvalue weighted by Crippen LogP contribution is -2.46. The van der Waals surface area contributed by atoms with Gasteiger partial charge >= 0.3 is 0 Å². The molecule has 7 nitrogen and oxygen atoms in total. The number of benzene rings is 1. The SMILES string of the molecule is N#Cc1nccnc1OC1CCCN(C(=O)COc2ccccc2)C1. The molecule has 2 aromatic rings. The van der Waals surface area contributed by atoms with Crippen LogP contribution in [0.5, 0.6) is 11.6 Å². The number of nitrogens with zero attached hydrogens (tertiary/aromatic N) is 4. The van der Waals surface area contributed by atoms with Crippen molar-refractivity contribution in [1.29, 1.82) is 5.26 Å². The van der Waals surface area contributed by atoms with Gasteiger partial charge in [0.1, 0.15) is 17.9 Å². The van der Waals surface area contributed by atoms with E-state index in [1.165, 1.54) is 12.4 Å². The number of nitriles is 1. The van der Waals surface area contributed by atoms with Gasteiger partial charge in [0.05, 0.1) is 6.54 Å². The van der Waals surface area contributed by atoms with Crippen LogP contribution in [0.4, 0.5) is 0 Å². The van der Waals surface area contributed by atoms with Crippen LogP contribution in [0.2, 0.25) is 0 Å². The minimum absolute atomic E-state index is 0.00861. The highest BCUT2D eigenvalue weighted by molar-refractivity contribution is 5.77. The van der Waals surface area contributed by atoms with Crippen LogP contribution in [0.25, 0.3) is 0 Å². The van der Waals surface area contributed by atoms with Crippen LogP contribution in [-0.4, -0.2) is 46.6 Å². The number of hydrogen-bond donors (Lipinski definition) is 0. The summed E-state index contributed by atoms with van der Waals surface area (Å²) in [7, 11) is 0. The van der Waals surface area contributed by atoms with E-state index in [0.717, 1.165) is 12.8 Å². The standard InChI is InChI=1S/C18H18N4O3/c19-11-16-18(21-9-8-20-16)25-15-7-4-10-22(12-15)17(23)13-24-14-5-2-1-3-6-14/h1-3,5-6,8-9,15H,4,7,10,12-13H2. The zero-order chi connectivity index (χ0) is 17.5. The first-order chi connectivity index (χ1) is 12.3. The van der Waals surface area contributed by atoms with E-state index in [4.69, 9.17) is 14.7 Å². The maximum absolute atomic E-state index is 12.4. The molecule has 1 aromatic heterocycles. The van der Waals surface area contributed by atoms with Gasteiger partial charge in [-0.05, 0) is 25.0 Å². The van der Waals surface area contributed by atoms with Gasteiger partial charge in [-0.1, -0.05) is 18.2 Å². The lowest BCUT2D eigenvalue weighted by Gasteiger charge is -2.32. The highest BCUT2D eigenvalue weighted by atomic mass is 16.5. The van der Waals surface area contributed by atoms with E-state index in [2.05, 4.69) is 9.97 Å². The number of aromatic nitrogens is 2. The summed E-state index contributed by atoms with van der Waals surface area (Å²) in [6.45, 7) is 1.10. The first kappa shape index (κ1) is 16.7. The Morgan fingerprint density at radius 3 is 2.88 bits per heavy atom. The maximum Gasteiger partial charge on any atom is 0.260 e. The van der Waals surface area contributed by atoms with Gasteiger partial charge < -0.3 is 14.4 Å². The fourth-order valence-corrected chi connectivity index (χ4v) is 2.66. The monoisotopic (exact) mass is 338 g/mol. The Balaban J connectivity index is 1.55. The fraction of sp³-hybridized carbons (Fsp3) is 0.333. The molecule has 1 fully saturated rings. The summed E-state index contributed by atoms with van der Waals surface area (Å²) in [5, 5.41) is 9.05. The van der Waals surface area contributed by atoms with Gasteiger partial charge in [-0.15, -0.1) is 0 Å². The number of carbonyl (C=O) groups excluding carboxylic acids is 1. The first-order valence-electron chi connectivity index (χ1n) is 8.09. The number of carbonyl (C=O) groups is 1. The van der Waals surface area contributed by atoms with Gasteiger partial charge in [0.15, 0.2) is 6.61 Å². The fourth-order valence-electron chi connectivity index (χ4n) is 2.66. The summed E-state index contributed by atoms with van der Waals surface area (Å²) >= 11 is 0. The van der Waals surface area contributed by atoms with Crippen LogP contribution in [0.15, 0.2) is 42.7 Å². The lowest BCUT2D eigenvalue weighted by atomic mass is 10.1. The summed E-state index contributed by atoms with van der Waals surface area (Å²) in [4.78, 5) is 22.1. The number of rotatable bonds is 5. The average Bonchev–Trinajstić information content (AvgIpc) is 2.67. The van der Waals surface area contributed by atoms with Crippen molar-refractivity contribution in [3.05, 3.63) is 48.4 Å². The van der Waals surface area contributed by atoms with E-state index in [0.29, 0.717) is 18.8 Å². The Morgan fingerprint density at radius 1 is 1.28 bits per heavy atom. The molecule has 1 aliphatic rings. The molecule has 128 valence electrons. The molecular formula is C18H18N4O3. The molecule has 25 heavy (non-hydrogen) atoms. The van der Waals surface area contributed by atoms with Crippen molar-refractivity contribution in [2.45, 2.75) is 18.9 Å². The van der Waals surface area contributed by atoms with Gasteiger partial charge in [0.2, 0.25) is 5.69 Å². The highest BCUT2D eigenvalue weighted by Crippen LogP contribution is 2.19.